The molecule has 4 N–H and O–H groups in total. The van der Waals surface area contributed by atoms with Gasteiger partial charge in [0.1, 0.15) is 5.82 Å². The number of nitrogens with zero attached hydrogens (tertiary/aromatic N) is 1. The Balaban J connectivity index is 3.07. The first-order valence-corrected chi connectivity index (χ1v) is 3.73. The normalized spacial score (nSPS) is 9.92. The second-order valence-electron chi connectivity index (χ2n) is 2.46. The molecule has 0 radical (unpaired) electrons. The maximum Gasteiger partial charge on any atom is 0.148 e. The molecule has 0 unspecified atom stereocenters. The summed E-state index contributed by atoms with van der Waals surface area (Å²) in [6.07, 6.45) is 0. The number of hydrogen-bond donors (Lipinski definition) is 2. The van der Waals surface area contributed by atoms with Crippen molar-refractivity contribution in [1.82, 2.24) is 0 Å². The van der Waals surface area contributed by atoms with E-state index in [0.29, 0.717) is 12.2 Å². The number of hydrazine groups is 1. The minimum absolute atomic E-state index is 0.0989. The standard InChI is InChI=1S/C8H12FN3/c1-2-12(11)7-5-3-4-6(9)8(7)10/h3-5H,2,10-11H2,1H3. The lowest BCUT2D eigenvalue weighted by Crippen LogP contribution is -2.31. The molecule has 0 aliphatic rings. The predicted molar refractivity (Wildman–Crippen MR) is 48.0 cm³/mol. The summed E-state index contributed by atoms with van der Waals surface area (Å²) in [6, 6.07) is 4.57. The number of para-hydroxylation sites is 1. The topological polar surface area (TPSA) is 55.3 Å². The van der Waals surface area contributed by atoms with E-state index in [9.17, 15) is 4.39 Å². The highest BCUT2D eigenvalue weighted by atomic mass is 19.1. The van der Waals surface area contributed by atoms with Crippen molar-refractivity contribution in [2.75, 3.05) is 17.3 Å². The van der Waals surface area contributed by atoms with Crippen molar-refractivity contribution in [2.45, 2.75) is 6.92 Å². The van der Waals surface area contributed by atoms with E-state index >= 15 is 0 Å². The van der Waals surface area contributed by atoms with Gasteiger partial charge in [0, 0.05) is 6.54 Å². The molecule has 1 aromatic rings. The van der Waals surface area contributed by atoms with Gasteiger partial charge < -0.3 is 10.7 Å². The Morgan fingerprint density at radius 2 is 2.17 bits per heavy atom. The second kappa shape index (κ2) is 3.40. The summed E-state index contributed by atoms with van der Waals surface area (Å²) in [6.45, 7) is 2.46. The van der Waals surface area contributed by atoms with Crippen molar-refractivity contribution in [3.05, 3.63) is 24.0 Å². The highest BCUT2D eigenvalue weighted by molar-refractivity contribution is 5.67. The molecular weight excluding hydrogens is 157 g/mol. The van der Waals surface area contributed by atoms with Gasteiger partial charge in [-0.2, -0.15) is 0 Å². The third kappa shape index (κ3) is 1.48. The van der Waals surface area contributed by atoms with Crippen molar-refractivity contribution in [1.29, 1.82) is 0 Å². The quantitative estimate of drug-likeness (QED) is 0.396. The summed E-state index contributed by atoms with van der Waals surface area (Å²) < 4.78 is 12.9. The lowest BCUT2D eigenvalue weighted by Gasteiger charge is -2.18. The molecule has 1 rings (SSSR count). The zero-order valence-electron chi connectivity index (χ0n) is 6.92. The molecule has 3 nitrogen and oxygen atoms in total. The van der Waals surface area contributed by atoms with Crippen LogP contribution in [0.2, 0.25) is 0 Å². The molecule has 0 aliphatic heterocycles. The smallest absolute Gasteiger partial charge is 0.148 e. The average molecular weight is 169 g/mol. The van der Waals surface area contributed by atoms with Crippen LogP contribution in [0.15, 0.2) is 18.2 Å². The second-order valence-corrected chi connectivity index (χ2v) is 2.46. The van der Waals surface area contributed by atoms with Crippen LogP contribution in [0.3, 0.4) is 0 Å². The van der Waals surface area contributed by atoms with Gasteiger partial charge in [-0.3, -0.25) is 0 Å². The molecule has 0 amide bonds. The maximum absolute atomic E-state index is 12.9. The van der Waals surface area contributed by atoms with Crippen LogP contribution in [0.5, 0.6) is 0 Å². The molecule has 0 saturated carbocycles. The van der Waals surface area contributed by atoms with Gasteiger partial charge in [-0.15, -0.1) is 0 Å². The third-order valence-corrected chi connectivity index (χ3v) is 1.68. The van der Waals surface area contributed by atoms with Crippen LogP contribution in [0.25, 0.3) is 0 Å². The molecule has 12 heavy (non-hydrogen) atoms. The molecule has 0 atom stereocenters. The Morgan fingerprint density at radius 1 is 1.50 bits per heavy atom. The van der Waals surface area contributed by atoms with Crippen molar-refractivity contribution in [3.8, 4) is 0 Å². The molecular formula is C8H12FN3. The molecule has 4 heteroatoms. The van der Waals surface area contributed by atoms with Crippen molar-refractivity contribution < 1.29 is 4.39 Å². The lowest BCUT2D eigenvalue weighted by molar-refractivity contribution is 0.631. The predicted octanol–water partition coefficient (Wildman–Crippen LogP) is 1.11. The summed E-state index contributed by atoms with van der Waals surface area (Å²) in [4.78, 5) is 0. The van der Waals surface area contributed by atoms with Crippen LogP contribution in [-0.2, 0) is 0 Å². The van der Waals surface area contributed by atoms with Crippen LogP contribution in [0.1, 0.15) is 6.92 Å². The van der Waals surface area contributed by atoms with Gasteiger partial charge in [0.25, 0.3) is 0 Å². The van der Waals surface area contributed by atoms with E-state index in [1.165, 1.54) is 11.1 Å². The maximum atomic E-state index is 12.9. The molecule has 66 valence electrons. The first kappa shape index (κ1) is 8.80. The number of nitrogen functional groups attached to an aromatic ring is 1. The minimum Gasteiger partial charge on any atom is -0.395 e. The largest absolute Gasteiger partial charge is 0.395 e. The highest BCUT2D eigenvalue weighted by Gasteiger charge is 2.06. The van der Waals surface area contributed by atoms with Crippen molar-refractivity contribution >= 4 is 11.4 Å². The molecule has 0 saturated heterocycles. The Bertz CT molecular complexity index is 275. The molecule has 0 fully saturated rings. The van der Waals surface area contributed by atoms with Gasteiger partial charge in [-0.25, -0.2) is 10.2 Å². The summed E-state index contributed by atoms with van der Waals surface area (Å²) in [7, 11) is 0. The first-order chi connectivity index (χ1) is 5.66. The van der Waals surface area contributed by atoms with E-state index in [2.05, 4.69) is 0 Å². The third-order valence-electron chi connectivity index (χ3n) is 1.68. The minimum atomic E-state index is -0.434. The fourth-order valence-electron chi connectivity index (χ4n) is 0.946. The molecule has 1 aromatic carbocycles. The Labute approximate surface area is 70.7 Å². The number of hydrogen-bond acceptors (Lipinski definition) is 3. The van der Waals surface area contributed by atoms with Gasteiger partial charge in [0.2, 0.25) is 0 Å². The molecule has 0 bridgehead atoms. The molecule has 0 aromatic heterocycles. The highest BCUT2D eigenvalue weighted by Crippen LogP contribution is 2.22. The lowest BCUT2D eigenvalue weighted by atomic mass is 10.2. The van der Waals surface area contributed by atoms with Gasteiger partial charge in [0.05, 0.1) is 11.4 Å². The van der Waals surface area contributed by atoms with E-state index in [-0.39, 0.29) is 5.69 Å². The van der Waals surface area contributed by atoms with Gasteiger partial charge >= 0.3 is 0 Å². The van der Waals surface area contributed by atoms with Crippen LogP contribution < -0.4 is 16.6 Å². The SMILES string of the molecule is CCN(N)c1cccc(F)c1N. The summed E-state index contributed by atoms with van der Waals surface area (Å²) in [5.41, 5.74) is 6.09. The van der Waals surface area contributed by atoms with Crippen LogP contribution in [0.4, 0.5) is 15.8 Å². The zero-order chi connectivity index (χ0) is 9.14. The monoisotopic (exact) mass is 169 g/mol. The number of nitrogens with two attached hydrogens (primary N) is 2. The van der Waals surface area contributed by atoms with Crippen LogP contribution >= 0.6 is 0 Å². The number of rotatable bonds is 2. The fraction of sp³-hybridized carbons (Fsp3) is 0.250. The molecule has 0 aliphatic carbocycles. The number of benzene rings is 1. The summed E-state index contributed by atoms with van der Waals surface area (Å²) in [5, 5.41) is 1.40. The van der Waals surface area contributed by atoms with Gasteiger partial charge in [-0.05, 0) is 19.1 Å². The number of anilines is 2. The van der Waals surface area contributed by atoms with E-state index in [4.69, 9.17) is 11.6 Å². The fourth-order valence-corrected chi connectivity index (χ4v) is 0.946. The van der Waals surface area contributed by atoms with Crippen molar-refractivity contribution in [3.63, 3.8) is 0 Å². The Kier molecular flexibility index (Phi) is 2.50. The van der Waals surface area contributed by atoms with Crippen LogP contribution in [0, 0.1) is 5.82 Å². The molecule has 0 heterocycles. The summed E-state index contributed by atoms with van der Waals surface area (Å²) >= 11 is 0. The van der Waals surface area contributed by atoms with Gasteiger partial charge in [0.15, 0.2) is 0 Å². The Hall–Kier alpha value is -1.29. The van der Waals surface area contributed by atoms with Gasteiger partial charge in [-0.1, -0.05) is 6.07 Å². The van der Waals surface area contributed by atoms with E-state index < -0.39 is 5.82 Å². The van der Waals surface area contributed by atoms with E-state index in [0.717, 1.165) is 0 Å². The average Bonchev–Trinajstić information content (AvgIpc) is 2.08. The van der Waals surface area contributed by atoms with E-state index in [1.54, 1.807) is 12.1 Å². The van der Waals surface area contributed by atoms with Crippen LogP contribution in [-0.4, -0.2) is 6.54 Å². The zero-order valence-corrected chi connectivity index (χ0v) is 6.92. The molecule has 0 spiro atoms. The van der Waals surface area contributed by atoms with E-state index in [1.807, 2.05) is 6.92 Å². The first-order valence-electron chi connectivity index (χ1n) is 3.73. The summed E-state index contributed by atoms with van der Waals surface area (Å²) in [5.74, 6) is 5.12. The number of halogens is 1. The Morgan fingerprint density at radius 3 is 2.75 bits per heavy atom. The van der Waals surface area contributed by atoms with Crippen molar-refractivity contribution in [2.24, 2.45) is 5.84 Å².